The molecule has 0 radical (unpaired) electrons. The second-order valence-electron chi connectivity index (χ2n) is 5.86. The Bertz CT molecular complexity index is 773. The summed E-state index contributed by atoms with van der Waals surface area (Å²) in [6.45, 7) is 2.63. The van der Waals surface area contributed by atoms with E-state index in [4.69, 9.17) is 9.47 Å². The van der Waals surface area contributed by atoms with E-state index in [9.17, 15) is 9.59 Å². The number of carbonyl (C=O) groups is 2. The van der Waals surface area contributed by atoms with E-state index in [1.165, 1.54) is 7.11 Å². The van der Waals surface area contributed by atoms with Gasteiger partial charge >= 0.3 is 6.09 Å². The van der Waals surface area contributed by atoms with Crippen LogP contribution < -0.4 is 15.0 Å². The molecule has 1 aliphatic heterocycles. The van der Waals surface area contributed by atoms with Gasteiger partial charge in [-0.2, -0.15) is 0 Å². The molecule has 3 rings (SSSR count). The highest BCUT2D eigenvalue weighted by atomic mass is 16.6. The normalized spacial score (nSPS) is 16.5. The van der Waals surface area contributed by atoms with Gasteiger partial charge in [-0.1, -0.05) is 29.8 Å². The van der Waals surface area contributed by atoms with Crippen LogP contribution in [0.4, 0.5) is 10.5 Å². The standard InChI is InChI=1S/C19H20N2O4/c1-13-7-9-14(10-8-13)21-12-15(25-19(21)23)11-20-18(22)16-5-3-4-6-17(16)24-2/h3-10,15H,11-12H2,1-2H3,(H,20,22). The van der Waals surface area contributed by atoms with Crippen LogP contribution in [0.15, 0.2) is 48.5 Å². The van der Waals surface area contributed by atoms with E-state index >= 15 is 0 Å². The monoisotopic (exact) mass is 340 g/mol. The zero-order valence-corrected chi connectivity index (χ0v) is 14.2. The van der Waals surface area contributed by atoms with Crippen LogP contribution in [0.2, 0.25) is 0 Å². The fraction of sp³-hybridized carbons (Fsp3) is 0.263. The van der Waals surface area contributed by atoms with Crippen LogP contribution in [0.25, 0.3) is 0 Å². The number of hydrogen-bond acceptors (Lipinski definition) is 4. The predicted octanol–water partition coefficient (Wildman–Crippen LogP) is 2.76. The molecule has 1 aliphatic rings. The van der Waals surface area contributed by atoms with E-state index < -0.39 is 12.2 Å². The SMILES string of the molecule is COc1ccccc1C(=O)NCC1CN(c2ccc(C)cc2)C(=O)O1. The van der Waals surface area contributed by atoms with Gasteiger partial charge in [0.25, 0.3) is 5.91 Å². The van der Waals surface area contributed by atoms with E-state index in [0.717, 1.165) is 11.3 Å². The van der Waals surface area contributed by atoms with Crippen molar-refractivity contribution in [3.05, 3.63) is 59.7 Å². The van der Waals surface area contributed by atoms with E-state index in [0.29, 0.717) is 17.9 Å². The van der Waals surface area contributed by atoms with Crippen molar-refractivity contribution in [2.45, 2.75) is 13.0 Å². The zero-order valence-electron chi connectivity index (χ0n) is 14.2. The number of carbonyl (C=O) groups excluding carboxylic acids is 2. The number of aryl methyl sites for hydroxylation is 1. The van der Waals surface area contributed by atoms with Crippen LogP contribution in [0.1, 0.15) is 15.9 Å². The Hall–Kier alpha value is -3.02. The van der Waals surface area contributed by atoms with Gasteiger partial charge in [-0.15, -0.1) is 0 Å². The number of cyclic esters (lactones) is 1. The summed E-state index contributed by atoms with van der Waals surface area (Å²) in [6, 6.07) is 14.6. The second-order valence-corrected chi connectivity index (χ2v) is 5.86. The topological polar surface area (TPSA) is 67.9 Å². The molecule has 1 fully saturated rings. The highest BCUT2D eigenvalue weighted by Crippen LogP contribution is 2.22. The van der Waals surface area contributed by atoms with Gasteiger partial charge in [-0.05, 0) is 31.2 Å². The fourth-order valence-corrected chi connectivity index (χ4v) is 2.70. The van der Waals surface area contributed by atoms with Crippen molar-refractivity contribution in [1.82, 2.24) is 5.32 Å². The van der Waals surface area contributed by atoms with Gasteiger partial charge in [0, 0.05) is 5.69 Å². The molecule has 1 atom stereocenters. The van der Waals surface area contributed by atoms with Crippen LogP contribution in [0.3, 0.4) is 0 Å². The van der Waals surface area contributed by atoms with E-state index in [2.05, 4.69) is 5.32 Å². The summed E-state index contributed by atoms with van der Waals surface area (Å²) < 4.78 is 10.5. The molecule has 0 bridgehead atoms. The first-order valence-electron chi connectivity index (χ1n) is 8.04. The Morgan fingerprint density at radius 1 is 1.24 bits per heavy atom. The highest BCUT2D eigenvalue weighted by Gasteiger charge is 2.32. The summed E-state index contributed by atoms with van der Waals surface area (Å²) >= 11 is 0. The number of rotatable bonds is 5. The van der Waals surface area contributed by atoms with Crippen molar-refractivity contribution < 1.29 is 19.1 Å². The van der Waals surface area contributed by atoms with Crippen molar-refractivity contribution in [2.75, 3.05) is 25.1 Å². The second kappa shape index (κ2) is 7.25. The predicted molar refractivity (Wildman–Crippen MR) is 94.1 cm³/mol. The first-order chi connectivity index (χ1) is 12.1. The number of anilines is 1. The van der Waals surface area contributed by atoms with E-state index in [1.807, 2.05) is 31.2 Å². The average Bonchev–Trinajstić information content (AvgIpc) is 3.01. The minimum atomic E-state index is -0.402. The lowest BCUT2D eigenvalue weighted by molar-refractivity contribution is 0.0913. The third kappa shape index (κ3) is 3.74. The van der Waals surface area contributed by atoms with Crippen molar-refractivity contribution in [1.29, 1.82) is 0 Å². The lowest BCUT2D eigenvalue weighted by atomic mass is 10.2. The first-order valence-corrected chi connectivity index (χ1v) is 8.04. The van der Waals surface area contributed by atoms with Gasteiger partial charge in [-0.3, -0.25) is 9.69 Å². The fourth-order valence-electron chi connectivity index (χ4n) is 2.70. The molecule has 0 aliphatic carbocycles. The molecular formula is C19H20N2O4. The third-order valence-electron chi connectivity index (χ3n) is 4.06. The lowest BCUT2D eigenvalue weighted by Gasteiger charge is -2.13. The third-order valence-corrected chi connectivity index (χ3v) is 4.06. The van der Waals surface area contributed by atoms with Crippen molar-refractivity contribution in [3.63, 3.8) is 0 Å². The first kappa shape index (κ1) is 16.8. The molecular weight excluding hydrogens is 320 g/mol. The molecule has 1 N–H and O–H groups in total. The summed E-state index contributed by atoms with van der Waals surface area (Å²) in [4.78, 5) is 25.9. The molecule has 0 saturated carbocycles. The molecule has 130 valence electrons. The summed E-state index contributed by atoms with van der Waals surface area (Å²) in [5, 5.41) is 2.79. The molecule has 25 heavy (non-hydrogen) atoms. The molecule has 2 amide bonds. The Morgan fingerprint density at radius 2 is 1.96 bits per heavy atom. The Kier molecular flexibility index (Phi) is 4.88. The molecule has 2 aromatic carbocycles. The van der Waals surface area contributed by atoms with Crippen molar-refractivity contribution in [2.24, 2.45) is 0 Å². The number of ether oxygens (including phenoxy) is 2. The summed E-state index contributed by atoms with van der Waals surface area (Å²) in [5.74, 6) is 0.243. The van der Waals surface area contributed by atoms with Crippen LogP contribution in [0, 0.1) is 6.92 Å². The molecule has 0 aromatic heterocycles. The lowest BCUT2D eigenvalue weighted by Crippen LogP contribution is -2.34. The maximum Gasteiger partial charge on any atom is 0.414 e. The minimum Gasteiger partial charge on any atom is -0.496 e. The minimum absolute atomic E-state index is 0.241. The van der Waals surface area contributed by atoms with E-state index in [-0.39, 0.29) is 12.5 Å². The molecule has 0 spiro atoms. The zero-order chi connectivity index (χ0) is 17.8. The van der Waals surface area contributed by atoms with Crippen LogP contribution in [-0.2, 0) is 4.74 Å². The Balaban J connectivity index is 1.60. The number of nitrogens with zero attached hydrogens (tertiary/aromatic N) is 1. The quantitative estimate of drug-likeness (QED) is 0.909. The van der Waals surface area contributed by atoms with Gasteiger partial charge in [0.05, 0.1) is 25.8 Å². The number of amides is 2. The van der Waals surface area contributed by atoms with Crippen molar-refractivity contribution >= 4 is 17.7 Å². The maximum absolute atomic E-state index is 12.3. The molecule has 1 heterocycles. The Labute approximate surface area is 146 Å². The summed E-state index contributed by atoms with van der Waals surface area (Å²) in [6.07, 6.45) is -0.798. The maximum atomic E-state index is 12.3. The molecule has 6 nitrogen and oxygen atoms in total. The Morgan fingerprint density at radius 3 is 2.68 bits per heavy atom. The molecule has 1 unspecified atom stereocenters. The van der Waals surface area contributed by atoms with Crippen LogP contribution in [-0.4, -0.2) is 38.3 Å². The van der Waals surface area contributed by atoms with Crippen molar-refractivity contribution in [3.8, 4) is 5.75 Å². The average molecular weight is 340 g/mol. The number of nitrogens with one attached hydrogen (secondary N) is 1. The summed E-state index contributed by atoms with van der Waals surface area (Å²) in [7, 11) is 1.52. The number of benzene rings is 2. The van der Waals surface area contributed by atoms with E-state index in [1.54, 1.807) is 29.2 Å². The van der Waals surface area contributed by atoms with Gasteiger partial charge in [-0.25, -0.2) is 4.79 Å². The molecule has 2 aromatic rings. The molecule has 6 heteroatoms. The largest absolute Gasteiger partial charge is 0.496 e. The number of methoxy groups -OCH3 is 1. The van der Waals surface area contributed by atoms with Gasteiger partial charge in [0.15, 0.2) is 0 Å². The van der Waals surface area contributed by atoms with Crippen LogP contribution in [0.5, 0.6) is 5.75 Å². The van der Waals surface area contributed by atoms with Gasteiger partial charge < -0.3 is 14.8 Å². The highest BCUT2D eigenvalue weighted by molar-refractivity contribution is 5.97. The number of hydrogen-bond donors (Lipinski definition) is 1. The summed E-state index contributed by atoms with van der Waals surface area (Å²) in [5.41, 5.74) is 2.36. The van der Waals surface area contributed by atoms with Crippen LogP contribution >= 0.6 is 0 Å². The molecule has 1 saturated heterocycles. The van der Waals surface area contributed by atoms with Gasteiger partial charge in [0.2, 0.25) is 0 Å². The number of para-hydroxylation sites is 1. The smallest absolute Gasteiger partial charge is 0.414 e. The van der Waals surface area contributed by atoms with Gasteiger partial charge in [0.1, 0.15) is 11.9 Å².